The van der Waals surface area contributed by atoms with Gasteiger partial charge in [0.15, 0.2) is 0 Å². The van der Waals surface area contributed by atoms with E-state index in [1.807, 2.05) is 7.05 Å². The monoisotopic (exact) mass is 218 g/mol. The van der Waals surface area contributed by atoms with Gasteiger partial charge in [0.25, 0.3) is 0 Å². The zero-order valence-corrected chi connectivity index (χ0v) is 8.91. The average molecular weight is 218 g/mol. The molecule has 0 fully saturated rings. The lowest BCUT2D eigenvalue weighted by molar-refractivity contribution is -0.142. The van der Waals surface area contributed by atoms with Crippen molar-refractivity contribution in [2.75, 3.05) is 33.4 Å². The molecule has 0 aromatic rings. The summed E-state index contributed by atoms with van der Waals surface area (Å²) in [5.74, 6) is -1.04. The quantitative estimate of drug-likeness (QED) is 0.441. The number of hydrogen-bond donors (Lipinski definition) is 3. The van der Waals surface area contributed by atoms with E-state index >= 15 is 0 Å². The SMILES string of the molecule is CNCCCC(=O)NCCOCC(=O)O. The van der Waals surface area contributed by atoms with Gasteiger partial charge in [-0.05, 0) is 20.0 Å². The summed E-state index contributed by atoms with van der Waals surface area (Å²) in [6.07, 6.45) is 1.26. The van der Waals surface area contributed by atoms with E-state index in [0.717, 1.165) is 13.0 Å². The number of carboxylic acid groups (broad SMARTS) is 1. The topological polar surface area (TPSA) is 87.7 Å². The van der Waals surface area contributed by atoms with Crippen LogP contribution in [0.1, 0.15) is 12.8 Å². The molecule has 6 heteroatoms. The second-order valence-electron chi connectivity index (χ2n) is 3.00. The first-order valence-corrected chi connectivity index (χ1v) is 4.87. The molecule has 0 aliphatic carbocycles. The van der Waals surface area contributed by atoms with Crippen LogP contribution < -0.4 is 10.6 Å². The minimum Gasteiger partial charge on any atom is -0.480 e. The predicted octanol–water partition coefficient (Wildman–Crippen LogP) is -0.797. The number of hydrogen-bond acceptors (Lipinski definition) is 4. The highest BCUT2D eigenvalue weighted by Gasteiger charge is 2.00. The fourth-order valence-electron chi connectivity index (χ4n) is 0.936. The highest BCUT2D eigenvalue weighted by atomic mass is 16.5. The molecule has 1 amide bonds. The summed E-state index contributed by atoms with van der Waals surface area (Å²) in [6, 6.07) is 0. The standard InChI is InChI=1S/C9H18N2O4/c1-10-4-2-3-8(12)11-5-6-15-7-9(13)14/h10H,2-7H2,1H3,(H,11,12)(H,13,14). The lowest BCUT2D eigenvalue weighted by Gasteiger charge is -2.04. The summed E-state index contributed by atoms with van der Waals surface area (Å²) < 4.78 is 4.74. The maximum atomic E-state index is 11.1. The van der Waals surface area contributed by atoms with Gasteiger partial charge in [0.2, 0.25) is 5.91 Å². The van der Waals surface area contributed by atoms with E-state index < -0.39 is 5.97 Å². The van der Waals surface area contributed by atoms with Crippen LogP contribution in [0.4, 0.5) is 0 Å². The van der Waals surface area contributed by atoms with Crippen molar-refractivity contribution >= 4 is 11.9 Å². The van der Waals surface area contributed by atoms with Crippen LogP contribution in [0.5, 0.6) is 0 Å². The van der Waals surface area contributed by atoms with Crippen LogP contribution in [-0.2, 0) is 14.3 Å². The number of ether oxygens (including phenoxy) is 1. The van der Waals surface area contributed by atoms with Crippen LogP contribution in [0.3, 0.4) is 0 Å². The molecule has 0 bridgehead atoms. The first-order valence-electron chi connectivity index (χ1n) is 4.87. The molecular formula is C9H18N2O4. The van der Waals surface area contributed by atoms with Gasteiger partial charge in [0.05, 0.1) is 6.61 Å². The molecule has 0 unspecified atom stereocenters. The van der Waals surface area contributed by atoms with Crippen LogP contribution in [-0.4, -0.2) is 50.3 Å². The maximum absolute atomic E-state index is 11.1. The van der Waals surface area contributed by atoms with Crippen molar-refractivity contribution in [1.29, 1.82) is 0 Å². The molecule has 15 heavy (non-hydrogen) atoms. The van der Waals surface area contributed by atoms with Gasteiger partial charge in [-0.3, -0.25) is 4.79 Å². The number of aliphatic carboxylic acids is 1. The first kappa shape index (κ1) is 13.9. The number of carboxylic acids is 1. The molecule has 3 N–H and O–H groups in total. The molecule has 6 nitrogen and oxygen atoms in total. The zero-order chi connectivity index (χ0) is 11.5. The lowest BCUT2D eigenvalue weighted by atomic mass is 10.3. The van der Waals surface area contributed by atoms with Crippen LogP contribution >= 0.6 is 0 Å². The van der Waals surface area contributed by atoms with E-state index in [2.05, 4.69) is 10.6 Å². The summed E-state index contributed by atoms with van der Waals surface area (Å²) in [5, 5.41) is 13.8. The van der Waals surface area contributed by atoms with Crippen molar-refractivity contribution in [1.82, 2.24) is 10.6 Å². The molecule has 0 aromatic carbocycles. The number of nitrogens with one attached hydrogen (secondary N) is 2. The largest absolute Gasteiger partial charge is 0.480 e. The fraction of sp³-hybridized carbons (Fsp3) is 0.778. The molecule has 0 atom stereocenters. The van der Waals surface area contributed by atoms with Crippen LogP contribution in [0.2, 0.25) is 0 Å². The van der Waals surface area contributed by atoms with Gasteiger partial charge in [0.1, 0.15) is 6.61 Å². The molecule has 0 saturated heterocycles. The molecule has 0 aliphatic rings. The van der Waals surface area contributed by atoms with Gasteiger partial charge in [-0.1, -0.05) is 0 Å². The van der Waals surface area contributed by atoms with Crippen LogP contribution in [0.15, 0.2) is 0 Å². The van der Waals surface area contributed by atoms with E-state index in [1.54, 1.807) is 0 Å². The Morgan fingerprint density at radius 2 is 2.07 bits per heavy atom. The molecule has 0 radical (unpaired) electrons. The molecule has 0 rings (SSSR count). The summed E-state index contributed by atoms with van der Waals surface area (Å²) >= 11 is 0. The Hall–Kier alpha value is -1.14. The van der Waals surface area contributed by atoms with Crippen molar-refractivity contribution in [3.63, 3.8) is 0 Å². The van der Waals surface area contributed by atoms with Crippen molar-refractivity contribution in [3.8, 4) is 0 Å². The summed E-state index contributed by atoms with van der Waals surface area (Å²) in [7, 11) is 1.83. The number of carbonyl (C=O) groups excluding carboxylic acids is 1. The Labute approximate surface area is 89.0 Å². The number of rotatable bonds is 9. The number of amides is 1. The molecule has 0 heterocycles. The normalized spacial score (nSPS) is 9.93. The zero-order valence-electron chi connectivity index (χ0n) is 8.91. The Kier molecular flexibility index (Phi) is 8.70. The molecule has 0 aliphatic heterocycles. The highest BCUT2D eigenvalue weighted by Crippen LogP contribution is 1.86. The van der Waals surface area contributed by atoms with E-state index in [0.29, 0.717) is 13.0 Å². The summed E-state index contributed by atoms with van der Waals surface area (Å²) in [5.41, 5.74) is 0. The van der Waals surface area contributed by atoms with Crippen molar-refractivity contribution < 1.29 is 19.4 Å². The van der Waals surface area contributed by atoms with Crippen molar-refractivity contribution in [2.45, 2.75) is 12.8 Å². The minimum absolute atomic E-state index is 0.0378. The highest BCUT2D eigenvalue weighted by molar-refractivity contribution is 5.75. The summed E-state index contributed by atoms with van der Waals surface area (Å²) in [4.78, 5) is 21.2. The summed E-state index contributed by atoms with van der Waals surface area (Å²) in [6.45, 7) is 1.06. The maximum Gasteiger partial charge on any atom is 0.329 e. The molecule has 88 valence electrons. The van der Waals surface area contributed by atoms with Crippen molar-refractivity contribution in [3.05, 3.63) is 0 Å². The Morgan fingerprint density at radius 3 is 2.67 bits per heavy atom. The minimum atomic E-state index is -1.00. The van der Waals surface area contributed by atoms with Gasteiger partial charge in [-0.25, -0.2) is 4.79 Å². The Balaban J connectivity index is 3.20. The van der Waals surface area contributed by atoms with Crippen molar-refractivity contribution in [2.24, 2.45) is 0 Å². The van der Waals surface area contributed by atoms with Gasteiger partial charge in [-0.2, -0.15) is 0 Å². The van der Waals surface area contributed by atoms with E-state index in [-0.39, 0.29) is 19.1 Å². The third-order valence-electron chi connectivity index (χ3n) is 1.62. The van der Waals surface area contributed by atoms with Gasteiger partial charge >= 0.3 is 5.97 Å². The second-order valence-corrected chi connectivity index (χ2v) is 3.00. The van der Waals surface area contributed by atoms with Gasteiger partial charge < -0.3 is 20.5 Å². The third kappa shape index (κ3) is 10.8. The van der Waals surface area contributed by atoms with E-state index in [4.69, 9.17) is 9.84 Å². The average Bonchev–Trinajstić information content (AvgIpc) is 2.17. The van der Waals surface area contributed by atoms with E-state index in [1.165, 1.54) is 0 Å². The number of carbonyl (C=O) groups is 2. The first-order chi connectivity index (χ1) is 7.16. The second kappa shape index (κ2) is 9.42. The van der Waals surface area contributed by atoms with E-state index in [9.17, 15) is 9.59 Å². The fourth-order valence-corrected chi connectivity index (χ4v) is 0.936. The van der Waals surface area contributed by atoms with Gasteiger partial charge in [-0.15, -0.1) is 0 Å². The molecule has 0 spiro atoms. The lowest BCUT2D eigenvalue weighted by Crippen LogP contribution is -2.28. The smallest absolute Gasteiger partial charge is 0.329 e. The molecular weight excluding hydrogens is 200 g/mol. The molecule has 0 saturated carbocycles. The molecule has 0 aromatic heterocycles. The van der Waals surface area contributed by atoms with Gasteiger partial charge in [0, 0.05) is 13.0 Å². The Bertz CT molecular complexity index is 197. The van der Waals surface area contributed by atoms with Crippen LogP contribution in [0, 0.1) is 0 Å². The third-order valence-corrected chi connectivity index (χ3v) is 1.62. The predicted molar refractivity (Wildman–Crippen MR) is 54.6 cm³/mol. The Morgan fingerprint density at radius 1 is 1.33 bits per heavy atom. The van der Waals surface area contributed by atoms with Crippen LogP contribution in [0.25, 0.3) is 0 Å².